The van der Waals surface area contributed by atoms with Gasteiger partial charge in [0.05, 0.1) is 32.4 Å². The molecule has 1 aliphatic heterocycles. The van der Waals surface area contributed by atoms with Crippen molar-refractivity contribution in [2.45, 2.75) is 32.1 Å². The number of methoxy groups -OCH3 is 2. The molecule has 7 heteroatoms. The van der Waals surface area contributed by atoms with Crippen molar-refractivity contribution in [2.75, 3.05) is 33.9 Å². The summed E-state index contributed by atoms with van der Waals surface area (Å²) in [5.41, 5.74) is 1.18. The first-order valence-corrected chi connectivity index (χ1v) is 10.0. The highest BCUT2D eigenvalue weighted by atomic mass is 16.5. The number of benzene rings is 1. The van der Waals surface area contributed by atoms with E-state index in [9.17, 15) is 4.79 Å². The lowest BCUT2D eigenvalue weighted by Gasteiger charge is -2.10. The SMILES string of the molecule is COc1cc2occ(CCCCNCCN=C3CCC=CN3)c(=O)c2cc1OC. The molecule has 2 aromatic rings. The minimum absolute atomic E-state index is 0.00924. The number of allylic oxidation sites excluding steroid dienone is 1. The van der Waals surface area contributed by atoms with Gasteiger partial charge in [-0.25, -0.2) is 0 Å². The Morgan fingerprint density at radius 1 is 1.17 bits per heavy atom. The monoisotopic (exact) mass is 399 g/mol. The highest BCUT2D eigenvalue weighted by Crippen LogP contribution is 2.31. The first-order valence-electron chi connectivity index (χ1n) is 10.0. The van der Waals surface area contributed by atoms with Crippen molar-refractivity contribution in [2.24, 2.45) is 4.99 Å². The maximum Gasteiger partial charge on any atom is 0.195 e. The lowest BCUT2D eigenvalue weighted by atomic mass is 10.1. The van der Waals surface area contributed by atoms with Gasteiger partial charge in [-0.05, 0) is 44.5 Å². The molecule has 1 aromatic carbocycles. The van der Waals surface area contributed by atoms with Crippen molar-refractivity contribution in [3.8, 4) is 11.5 Å². The van der Waals surface area contributed by atoms with Gasteiger partial charge < -0.3 is 24.5 Å². The summed E-state index contributed by atoms with van der Waals surface area (Å²) in [5.74, 6) is 2.13. The number of rotatable bonds is 10. The Morgan fingerprint density at radius 3 is 2.76 bits per heavy atom. The molecule has 0 saturated heterocycles. The normalized spacial score (nSPS) is 14.9. The predicted octanol–water partition coefficient (Wildman–Crippen LogP) is 3.02. The van der Waals surface area contributed by atoms with Crippen LogP contribution in [0, 0.1) is 0 Å². The third-order valence-electron chi connectivity index (χ3n) is 4.91. The number of hydrogen-bond acceptors (Lipinski definition) is 6. The van der Waals surface area contributed by atoms with Crippen LogP contribution in [-0.2, 0) is 6.42 Å². The Morgan fingerprint density at radius 2 is 2.00 bits per heavy atom. The van der Waals surface area contributed by atoms with Gasteiger partial charge in [0.25, 0.3) is 0 Å². The molecule has 0 bridgehead atoms. The number of nitrogens with zero attached hydrogens (tertiary/aromatic N) is 1. The van der Waals surface area contributed by atoms with Crippen LogP contribution >= 0.6 is 0 Å². The maximum atomic E-state index is 12.8. The molecule has 0 radical (unpaired) electrons. The smallest absolute Gasteiger partial charge is 0.195 e. The summed E-state index contributed by atoms with van der Waals surface area (Å²) in [4.78, 5) is 17.3. The zero-order valence-corrected chi connectivity index (χ0v) is 17.1. The highest BCUT2D eigenvalue weighted by Gasteiger charge is 2.12. The molecule has 0 spiro atoms. The Kier molecular flexibility index (Phi) is 7.69. The van der Waals surface area contributed by atoms with Gasteiger partial charge in [0.2, 0.25) is 0 Å². The van der Waals surface area contributed by atoms with Gasteiger partial charge in [-0.2, -0.15) is 0 Å². The quantitative estimate of drug-likeness (QED) is 0.598. The van der Waals surface area contributed by atoms with E-state index in [1.54, 1.807) is 32.6 Å². The Bertz CT molecular complexity index is 934. The molecule has 1 aromatic heterocycles. The predicted molar refractivity (Wildman–Crippen MR) is 115 cm³/mol. The van der Waals surface area contributed by atoms with Crippen molar-refractivity contribution >= 4 is 16.8 Å². The third kappa shape index (κ3) is 5.60. The van der Waals surface area contributed by atoms with E-state index in [1.807, 2.05) is 6.20 Å². The second-order valence-corrected chi connectivity index (χ2v) is 6.91. The average molecular weight is 399 g/mol. The van der Waals surface area contributed by atoms with Crippen LogP contribution in [0.2, 0.25) is 0 Å². The molecule has 0 fully saturated rings. The molecule has 0 amide bonds. The van der Waals surface area contributed by atoms with Crippen LogP contribution in [0.4, 0.5) is 0 Å². The van der Waals surface area contributed by atoms with Crippen molar-refractivity contribution in [1.29, 1.82) is 0 Å². The van der Waals surface area contributed by atoms with Crippen LogP contribution in [0.3, 0.4) is 0 Å². The summed E-state index contributed by atoms with van der Waals surface area (Å²) in [7, 11) is 3.11. The Balaban J connectivity index is 1.45. The fourth-order valence-electron chi connectivity index (χ4n) is 3.28. The molecular weight excluding hydrogens is 370 g/mol. The average Bonchev–Trinajstić information content (AvgIpc) is 2.76. The van der Waals surface area contributed by atoms with Gasteiger partial charge in [-0.15, -0.1) is 0 Å². The highest BCUT2D eigenvalue weighted by molar-refractivity contribution is 5.84. The fraction of sp³-hybridized carbons (Fsp3) is 0.455. The van der Waals surface area contributed by atoms with E-state index in [0.717, 1.165) is 51.2 Å². The number of aryl methyl sites for hydroxylation is 1. The van der Waals surface area contributed by atoms with Crippen LogP contribution < -0.4 is 25.5 Å². The number of unbranched alkanes of at least 4 members (excludes halogenated alkanes) is 1. The second kappa shape index (κ2) is 10.7. The fourth-order valence-corrected chi connectivity index (χ4v) is 3.28. The first kappa shape index (κ1) is 20.9. The topological polar surface area (TPSA) is 85.1 Å². The third-order valence-corrected chi connectivity index (χ3v) is 4.91. The van der Waals surface area contributed by atoms with Gasteiger partial charge in [0, 0.05) is 24.6 Å². The van der Waals surface area contributed by atoms with Crippen molar-refractivity contribution in [3.63, 3.8) is 0 Å². The number of ether oxygens (including phenoxy) is 2. The molecule has 29 heavy (non-hydrogen) atoms. The van der Waals surface area contributed by atoms with Gasteiger partial charge in [0.15, 0.2) is 16.9 Å². The molecule has 0 atom stereocenters. The zero-order chi connectivity index (χ0) is 20.5. The minimum atomic E-state index is -0.00924. The molecule has 3 rings (SSSR count). The molecule has 7 nitrogen and oxygen atoms in total. The van der Waals surface area contributed by atoms with E-state index < -0.39 is 0 Å². The molecule has 156 valence electrons. The van der Waals surface area contributed by atoms with E-state index in [4.69, 9.17) is 13.9 Å². The van der Waals surface area contributed by atoms with Crippen LogP contribution in [0.25, 0.3) is 11.0 Å². The van der Waals surface area contributed by atoms with Crippen LogP contribution in [0.5, 0.6) is 11.5 Å². The van der Waals surface area contributed by atoms with E-state index >= 15 is 0 Å². The van der Waals surface area contributed by atoms with Crippen molar-refractivity contribution in [3.05, 3.63) is 46.5 Å². The van der Waals surface area contributed by atoms with Gasteiger partial charge in [0.1, 0.15) is 11.4 Å². The minimum Gasteiger partial charge on any atom is -0.493 e. The molecule has 0 saturated carbocycles. The summed E-state index contributed by atoms with van der Waals surface area (Å²) in [6.45, 7) is 2.53. The Labute approximate surface area is 170 Å². The van der Waals surface area contributed by atoms with Crippen LogP contribution in [0.15, 0.2) is 44.9 Å². The molecule has 2 N–H and O–H groups in total. The van der Waals surface area contributed by atoms with E-state index in [1.165, 1.54) is 0 Å². The summed E-state index contributed by atoms with van der Waals surface area (Å²) in [6, 6.07) is 3.37. The van der Waals surface area contributed by atoms with Crippen molar-refractivity contribution < 1.29 is 13.9 Å². The standard InChI is InChI=1S/C22H29N3O4/c1-27-19-13-17-18(14-20(19)28-2)29-15-16(22(17)26)7-3-5-9-23-11-12-25-21-8-4-6-10-24-21/h6,10,13-15,23H,3-5,7-9,11-12H2,1-2H3,(H,24,25). The number of aliphatic imine (C=N–C) groups is 1. The molecule has 0 aliphatic carbocycles. The first-order chi connectivity index (χ1) is 14.2. The molecule has 0 unspecified atom stereocenters. The van der Waals surface area contributed by atoms with Gasteiger partial charge in [-0.1, -0.05) is 6.08 Å². The van der Waals surface area contributed by atoms with Gasteiger partial charge in [-0.3, -0.25) is 9.79 Å². The lowest BCUT2D eigenvalue weighted by molar-refractivity contribution is 0.355. The summed E-state index contributed by atoms with van der Waals surface area (Å²) in [6.07, 6.45) is 10.3. The largest absolute Gasteiger partial charge is 0.493 e. The van der Waals surface area contributed by atoms with E-state index in [2.05, 4.69) is 21.7 Å². The lowest BCUT2D eigenvalue weighted by Crippen LogP contribution is -2.23. The number of amidine groups is 1. The van der Waals surface area contributed by atoms with E-state index in [-0.39, 0.29) is 5.43 Å². The van der Waals surface area contributed by atoms with Crippen molar-refractivity contribution in [1.82, 2.24) is 10.6 Å². The Hall–Kier alpha value is -2.80. The van der Waals surface area contributed by atoms with E-state index in [0.29, 0.717) is 34.5 Å². The second-order valence-electron chi connectivity index (χ2n) is 6.91. The summed E-state index contributed by atoms with van der Waals surface area (Å²) < 4.78 is 16.2. The number of hydrogen-bond donors (Lipinski definition) is 2. The summed E-state index contributed by atoms with van der Waals surface area (Å²) in [5, 5.41) is 7.08. The molecule has 1 aliphatic rings. The maximum absolute atomic E-state index is 12.8. The zero-order valence-electron chi connectivity index (χ0n) is 17.1. The van der Waals surface area contributed by atoms with Crippen LogP contribution in [-0.4, -0.2) is 39.7 Å². The molecule has 2 heterocycles. The van der Waals surface area contributed by atoms with Gasteiger partial charge >= 0.3 is 0 Å². The number of nitrogens with one attached hydrogen (secondary N) is 2. The molecular formula is C22H29N3O4. The summed E-state index contributed by atoms with van der Waals surface area (Å²) >= 11 is 0. The number of fused-ring (bicyclic) bond motifs is 1. The van der Waals surface area contributed by atoms with Crippen LogP contribution in [0.1, 0.15) is 31.2 Å².